The number of carbonyl (C=O) groups is 1. The molecule has 1 amide bonds. The van der Waals surface area contributed by atoms with Crippen molar-refractivity contribution in [1.29, 1.82) is 0 Å². The number of amides is 1. The molecule has 0 aromatic carbocycles. The van der Waals surface area contributed by atoms with Crippen LogP contribution >= 0.6 is 0 Å². The van der Waals surface area contributed by atoms with E-state index in [1.54, 1.807) is 12.2 Å². The highest BCUT2D eigenvalue weighted by molar-refractivity contribution is 5.70. The SMILES string of the molecule is Cc1nc(-c2cnc(OC(C)(C)C)nc2OC(C)(C)C)cc(N2C[C@H](OC(=O)NC3(C(F)(F)F)CC3)C(F)(F)C2)n1. The smallest absolute Gasteiger partial charge is 0.411 e. The largest absolute Gasteiger partial charge is 0.471 e. The number of anilines is 1. The Hall–Kier alpha value is -3.52. The summed E-state index contributed by atoms with van der Waals surface area (Å²) in [4.78, 5) is 30.7. The molecule has 1 saturated carbocycles. The highest BCUT2D eigenvalue weighted by atomic mass is 19.4. The van der Waals surface area contributed by atoms with Gasteiger partial charge in [0.2, 0.25) is 5.88 Å². The van der Waals surface area contributed by atoms with E-state index < -0.39 is 54.1 Å². The second-order valence-corrected chi connectivity index (χ2v) is 12.2. The molecule has 41 heavy (non-hydrogen) atoms. The van der Waals surface area contributed by atoms with E-state index in [9.17, 15) is 26.7 Å². The van der Waals surface area contributed by atoms with Crippen LogP contribution < -0.4 is 19.7 Å². The lowest BCUT2D eigenvalue weighted by molar-refractivity contribution is -0.165. The number of aromatic nitrogens is 4. The highest BCUT2D eigenvalue weighted by Crippen LogP contribution is 2.49. The maximum absolute atomic E-state index is 14.9. The third kappa shape index (κ3) is 7.22. The van der Waals surface area contributed by atoms with Crippen LogP contribution in [0.25, 0.3) is 11.3 Å². The summed E-state index contributed by atoms with van der Waals surface area (Å²) >= 11 is 0. The molecule has 1 saturated heterocycles. The summed E-state index contributed by atoms with van der Waals surface area (Å²) < 4.78 is 85.8. The number of hydrogen-bond donors (Lipinski definition) is 1. The second-order valence-electron chi connectivity index (χ2n) is 12.2. The van der Waals surface area contributed by atoms with Crippen molar-refractivity contribution in [2.45, 2.75) is 96.3 Å². The van der Waals surface area contributed by atoms with Crippen LogP contribution in [0, 0.1) is 6.92 Å². The van der Waals surface area contributed by atoms with Gasteiger partial charge in [-0.3, -0.25) is 0 Å². The summed E-state index contributed by atoms with van der Waals surface area (Å²) in [5, 5.41) is 1.71. The Balaban J connectivity index is 1.59. The molecule has 2 fully saturated rings. The zero-order valence-corrected chi connectivity index (χ0v) is 23.8. The van der Waals surface area contributed by atoms with Gasteiger partial charge in [-0.25, -0.2) is 28.5 Å². The molecule has 2 aliphatic rings. The first-order valence-corrected chi connectivity index (χ1v) is 13.0. The molecule has 1 N–H and O–H groups in total. The zero-order chi connectivity index (χ0) is 30.6. The van der Waals surface area contributed by atoms with Crippen molar-refractivity contribution < 1.29 is 41.0 Å². The summed E-state index contributed by atoms with van der Waals surface area (Å²) in [5.74, 6) is -3.08. The van der Waals surface area contributed by atoms with Crippen LogP contribution in [0.1, 0.15) is 60.2 Å². The van der Waals surface area contributed by atoms with E-state index in [4.69, 9.17) is 14.2 Å². The van der Waals surface area contributed by atoms with Crippen LogP contribution in [-0.2, 0) is 4.74 Å². The number of aryl methyl sites for hydroxylation is 1. The molecule has 3 heterocycles. The van der Waals surface area contributed by atoms with E-state index in [0.29, 0.717) is 5.56 Å². The highest BCUT2D eigenvalue weighted by Gasteiger charge is 2.65. The molecule has 1 aliphatic carbocycles. The van der Waals surface area contributed by atoms with Crippen LogP contribution in [0.3, 0.4) is 0 Å². The lowest BCUT2D eigenvalue weighted by Gasteiger charge is -2.24. The van der Waals surface area contributed by atoms with Crippen molar-refractivity contribution in [1.82, 2.24) is 25.3 Å². The molecule has 1 aliphatic heterocycles. The van der Waals surface area contributed by atoms with Crippen LogP contribution in [0.5, 0.6) is 11.9 Å². The van der Waals surface area contributed by atoms with E-state index in [1.165, 1.54) is 17.2 Å². The van der Waals surface area contributed by atoms with Gasteiger partial charge in [0.05, 0.1) is 24.3 Å². The van der Waals surface area contributed by atoms with Crippen molar-refractivity contribution in [3.63, 3.8) is 0 Å². The monoisotopic (exact) mass is 588 g/mol. The van der Waals surface area contributed by atoms with Gasteiger partial charge in [-0.15, -0.1) is 0 Å². The first-order valence-electron chi connectivity index (χ1n) is 13.0. The van der Waals surface area contributed by atoms with Crippen LogP contribution in [0.2, 0.25) is 0 Å². The number of carbonyl (C=O) groups excluding carboxylic acids is 1. The molecule has 4 rings (SSSR count). The molecule has 0 radical (unpaired) electrons. The number of alkyl halides is 5. The van der Waals surface area contributed by atoms with Crippen molar-refractivity contribution in [3.05, 3.63) is 18.1 Å². The molecule has 2 aromatic heterocycles. The third-order valence-electron chi connectivity index (χ3n) is 6.10. The van der Waals surface area contributed by atoms with Gasteiger partial charge in [0, 0.05) is 12.3 Å². The van der Waals surface area contributed by atoms with Crippen molar-refractivity contribution in [2.75, 3.05) is 18.0 Å². The van der Waals surface area contributed by atoms with Crippen molar-refractivity contribution in [2.24, 2.45) is 0 Å². The first kappa shape index (κ1) is 30.4. The minimum absolute atomic E-state index is 0.0717. The predicted molar refractivity (Wildman–Crippen MR) is 137 cm³/mol. The maximum Gasteiger partial charge on any atom is 0.411 e. The lowest BCUT2D eigenvalue weighted by atomic mass is 10.1. The molecule has 0 spiro atoms. The molecule has 15 heteroatoms. The molecule has 226 valence electrons. The number of nitrogens with zero attached hydrogens (tertiary/aromatic N) is 5. The zero-order valence-electron chi connectivity index (χ0n) is 23.8. The standard InChI is InChI=1S/C26H33F5N6O4/c1-14-33-16(15-11-32-20(41-23(5,6)7)35-19(15)40-22(2,3)4)10-18(34-14)37-12-17(25(27,28)13-37)39-21(38)36-24(8-9-24)26(29,30)31/h10-11,17H,8-9,12-13H2,1-7H3,(H,36,38)/t17-/m0/s1. The molecular weight excluding hydrogens is 555 g/mol. The normalized spacial score (nSPS) is 20.0. The summed E-state index contributed by atoms with van der Waals surface area (Å²) in [6.07, 6.45) is -7.48. The maximum atomic E-state index is 14.9. The van der Waals surface area contributed by atoms with Gasteiger partial charge < -0.3 is 24.4 Å². The summed E-state index contributed by atoms with van der Waals surface area (Å²) in [7, 11) is 0. The number of alkyl carbamates (subject to hydrolysis) is 1. The molecule has 0 bridgehead atoms. The summed E-state index contributed by atoms with van der Waals surface area (Å²) in [6.45, 7) is 11.1. The molecule has 2 aromatic rings. The average Bonchev–Trinajstić information content (AvgIpc) is 3.50. The Morgan fingerprint density at radius 3 is 2.22 bits per heavy atom. The van der Waals surface area contributed by atoms with Gasteiger partial charge in [-0.05, 0) is 61.3 Å². The van der Waals surface area contributed by atoms with Crippen LogP contribution in [-0.4, -0.2) is 74.1 Å². The van der Waals surface area contributed by atoms with Gasteiger partial charge in [0.1, 0.15) is 28.4 Å². The topological polar surface area (TPSA) is 112 Å². The Bertz CT molecular complexity index is 1300. The molecule has 1 atom stereocenters. The van der Waals surface area contributed by atoms with Gasteiger partial charge in [-0.1, -0.05) is 0 Å². The van der Waals surface area contributed by atoms with Crippen molar-refractivity contribution >= 4 is 11.9 Å². The predicted octanol–water partition coefficient (Wildman–Crippen LogP) is 5.24. The number of halogens is 5. The van der Waals surface area contributed by atoms with Crippen LogP contribution in [0.4, 0.5) is 32.6 Å². The Morgan fingerprint density at radius 2 is 1.66 bits per heavy atom. The third-order valence-corrected chi connectivity index (χ3v) is 6.10. The minimum atomic E-state index is -4.71. The average molecular weight is 589 g/mol. The fourth-order valence-electron chi connectivity index (χ4n) is 4.08. The second kappa shape index (κ2) is 10.1. The number of nitrogens with one attached hydrogen (secondary N) is 1. The molecule has 10 nitrogen and oxygen atoms in total. The fourth-order valence-corrected chi connectivity index (χ4v) is 4.08. The Kier molecular flexibility index (Phi) is 7.49. The van der Waals surface area contributed by atoms with Crippen molar-refractivity contribution in [3.8, 4) is 23.1 Å². The number of rotatable bonds is 6. The Morgan fingerprint density at radius 1 is 1.02 bits per heavy atom. The summed E-state index contributed by atoms with van der Waals surface area (Å²) in [6, 6.07) is 1.51. The quantitative estimate of drug-likeness (QED) is 0.453. The minimum Gasteiger partial charge on any atom is -0.471 e. The summed E-state index contributed by atoms with van der Waals surface area (Å²) in [5.41, 5.74) is -3.05. The van der Waals surface area contributed by atoms with Gasteiger partial charge in [0.25, 0.3) is 0 Å². The fraction of sp³-hybridized carbons (Fsp3) is 0.654. The van der Waals surface area contributed by atoms with E-state index in [0.717, 1.165) is 0 Å². The molecule has 0 unspecified atom stereocenters. The number of ether oxygens (including phenoxy) is 3. The van der Waals surface area contributed by atoms with Gasteiger partial charge >= 0.3 is 24.2 Å². The van der Waals surface area contributed by atoms with E-state index in [2.05, 4.69) is 19.9 Å². The number of hydrogen-bond acceptors (Lipinski definition) is 9. The first-order chi connectivity index (χ1) is 18.7. The van der Waals surface area contributed by atoms with E-state index in [-0.39, 0.29) is 42.1 Å². The van der Waals surface area contributed by atoms with E-state index in [1.807, 2.05) is 41.5 Å². The lowest BCUT2D eigenvalue weighted by Crippen LogP contribution is -2.50. The molecular formula is C26H33F5N6O4. The van der Waals surface area contributed by atoms with E-state index >= 15 is 0 Å². The van der Waals surface area contributed by atoms with Gasteiger partial charge in [-0.2, -0.15) is 18.2 Å². The van der Waals surface area contributed by atoms with Crippen LogP contribution in [0.15, 0.2) is 12.3 Å². The Labute approximate surface area is 234 Å². The van der Waals surface area contributed by atoms with Gasteiger partial charge in [0.15, 0.2) is 6.10 Å².